The second kappa shape index (κ2) is 4.06. The van der Waals surface area contributed by atoms with E-state index in [1.165, 1.54) is 17.2 Å². The van der Waals surface area contributed by atoms with Gasteiger partial charge in [-0.1, -0.05) is 15.9 Å². The van der Waals surface area contributed by atoms with Crippen LogP contribution >= 0.6 is 15.9 Å². The Morgan fingerprint density at radius 2 is 2.05 bits per heavy atom. The molecule has 0 radical (unpaired) electrons. The summed E-state index contributed by atoms with van der Waals surface area (Å²) in [6, 6.07) is 3.02. The molecule has 2 unspecified atom stereocenters. The predicted octanol–water partition coefficient (Wildman–Crippen LogP) is 1.31. The molecule has 2 fully saturated rings. The first-order valence-electron chi connectivity index (χ1n) is 6.57. The van der Waals surface area contributed by atoms with E-state index in [1.807, 2.05) is 6.07 Å². The number of hydrogen-bond donors (Lipinski definition) is 1. The third-order valence-electron chi connectivity index (χ3n) is 4.24. The highest BCUT2D eigenvalue weighted by Gasteiger charge is 2.40. The van der Waals surface area contributed by atoms with E-state index in [0.29, 0.717) is 22.6 Å². The summed E-state index contributed by atoms with van der Waals surface area (Å²) in [4.78, 5) is 18.9. The number of nitrogens with one attached hydrogen (secondary N) is 1. The molecular formula is C12H14BrN5O. The lowest BCUT2D eigenvalue weighted by atomic mass is 10.0. The third-order valence-corrected chi connectivity index (χ3v) is 4.98. The van der Waals surface area contributed by atoms with Gasteiger partial charge in [0.1, 0.15) is 12.1 Å². The number of fused-ring (bicyclic) bond motifs is 3. The Morgan fingerprint density at radius 1 is 1.32 bits per heavy atom. The van der Waals surface area contributed by atoms with Crippen LogP contribution in [0.4, 0.5) is 5.82 Å². The van der Waals surface area contributed by atoms with E-state index in [-0.39, 0.29) is 5.69 Å². The van der Waals surface area contributed by atoms with E-state index < -0.39 is 0 Å². The van der Waals surface area contributed by atoms with Gasteiger partial charge in [-0.05, 0) is 25.7 Å². The average molecular weight is 324 g/mol. The molecule has 4 rings (SSSR count). The van der Waals surface area contributed by atoms with Crippen LogP contribution in [-0.4, -0.2) is 36.5 Å². The van der Waals surface area contributed by atoms with Gasteiger partial charge in [0.15, 0.2) is 5.65 Å². The molecule has 0 spiro atoms. The van der Waals surface area contributed by atoms with Crippen LogP contribution in [0.1, 0.15) is 25.7 Å². The Balaban J connectivity index is 1.76. The van der Waals surface area contributed by atoms with Crippen LogP contribution < -0.4 is 10.6 Å². The summed E-state index contributed by atoms with van der Waals surface area (Å²) >= 11 is 3.74. The molecule has 2 aromatic rings. The maximum atomic E-state index is 11.4. The van der Waals surface area contributed by atoms with Crippen LogP contribution in [-0.2, 0) is 0 Å². The van der Waals surface area contributed by atoms with Gasteiger partial charge in [0.05, 0.1) is 0 Å². The number of piperidine rings is 1. The highest BCUT2D eigenvalue weighted by molar-refractivity contribution is 9.09. The zero-order valence-electron chi connectivity index (χ0n) is 10.3. The lowest BCUT2D eigenvalue weighted by Gasteiger charge is -2.38. The lowest BCUT2D eigenvalue weighted by Crippen LogP contribution is -2.43. The molecule has 2 aliphatic rings. The molecule has 2 atom stereocenters. The lowest BCUT2D eigenvalue weighted by molar-refractivity contribution is 0.479. The van der Waals surface area contributed by atoms with Gasteiger partial charge in [0, 0.05) is 23.0 Å². The van der Waals surface area contributed by atoms with Crippen molar-refractivity contribution in [3.63, 3.8) is 0 Å². The van der Waals surface area contributed by atoms with E-state index in [0.717, 1.165) is 18.7 Å². The number of rotatable bonds is 1. The second-order valence-corrected chi connectivity index (χ2v) is 6.66. The molecule has 0 saturated carbocycles. The van der Waals surface area contributed by atoms with Crippen LogP contribution in [0.5, 0.6) is 0 Å². The normalized spacial score (nSPS) is 30.2. The molecule has 7 heteroatoms. The molecule has 6 nitrogen and oxygen atoms in total. The van der Waals surface area contributed by atoms with Crippen molar-refractivity contribution in [1.82, 2.24) is 19.6 Å². The van der Waals surface area contributed by atoms with Crippen molar-refractivity contribution < 1.29 is 0 Å². The number of nitrogens with zero attached hydrogens (tertiary/aromatic N) is 4. The molecule has 1 N–H and O–H groups in total. The minimum atomic E-state index is -0.240. The minimum absolute atomic E-state index is 0.240. The number of anilines is 1. The van der Waals surface area contributed by atoms with Crippen molar-refractivity contribution in [2.24, 2.45) is 0 Å². The maximum Gasteiger partial charge on any atom is 0.348 e. The minimum Gasteiger partial charge on any atom is -0.350 e. The SMILES string of the molecule is O=c1[nH]nc2cc(N3C4CCC3CC(Br)C4)ncn12. The fourth-order valence-corrected chi connectivity index (χ4v) is 4.29. The van der Waals surface area contributed by atoms with E-state index in [1.54, 1.807) is 6.33 Å². The van der Waals surface area contributed by atoms with E-state index >= 15 is 0 Å². The van der Waals surface area contributed by atoms with Gasteiger partial charge in [-0.25, -0.2) is 19.3 Å². The largest absolute Gasteiger partial charge is 0.350 e. The van der Waals surface area contributed by atoms with Crippen molar-refractivity contribution >= 4 is 27.4 Å². The van der Waals surface area contributed by atoms with Crippen molar-refractivity contribution in [3.05, 3.63) is 22.9 Å². The topological polar surface area (TPSA) is 66.3 Å². The van der Waals surface area contributed by atoms with Crippen LogP contribution in [0.15, 0.2) is 17.2 Å². The summed E-state index contributed by atoms with van der Waals surface area (Å²) in [5.74, 6) is 0.943. The third kappa shape index (κ3) is 1.71. The quantitative estimate of drug-likeness (QED) is 0.804. The number of hydrogen-bond acceptors (Lipinski definition) is 4. The molecule has 100 valence electrons. The highest BCUT2D eigenvalue weighted by Crippen LogP contribution is 2.40. The number of aromatic nitrogens is 4. The smallest absolute Gasteiger partial charge is 0.348 e. The zero-order chi connectivity index (χ0) is 13.0. The number of halogens is 1. The summed E-state index contributed by atoms with van der Waals surface area (Å²) in [6.07, 6.45) is 6.35. The average Bonchev–Trinajstić information content (AvgIpc) is 2.89. The molecule has 4 heterocycles. The maximum absolute atomic E-state index is 11.4. The van der Waals surface area contributed by atoms with E-state index in [9.17, 15) is 4.79 Å². The fraction of sp³-hybridized carbons (Fsp3) is 0.583. The van der Waals surface area contributed by atoms with Crippen LogP contribution in [0.2, 0.25) is 0 Å². The summed E-state index contributed by atoms with van der Waals surface area (Å²) in [7, 11) is 0. The number of aromatic amines is 1. The van der Waals surface area contributed by atoms with Gasteiger partial charge >= 0.3 is 5.69 Å². The summed E-state index contributed by atoms with van der Waals surface area (Å²) in [5, 5.41) is 6.45. The Morgan fingerprint density at radius 3 is 2.79 bits per heavy atom. The Hall–Kier alpha value is -1.37. The zero-order valence-corrected chi connectivity index (χ0v) is 11.9. The highest BCUT2D eigenvalue weighted by atomic mass is 79.9. The first-order chi connectivity index (χ1) is 9.22. The molecule has 2 aliphatic heterocycles. The van der Waals surface area contributed by atoms with E-state index in [4.69, 9.17) is 0 Å². The molecule has 19 heavy (non-hydrogen) atoms. The molecule has 0 aliphatic carbocycles. The van der Waals surface area contributed by atoms with Gasteiger partial charge < -0.3 is 4.90 Å². The van der Waals surface area contributed by atoms with Crippen molar-refractivity contribution in [2.75, 3.05) is 4.90 Å². The van der Waals surface area contributed by atoms with Crippen LogP contribution in [0.25, 0.3) is 5.65 Å². The number of H-pyrrole nitrogens is 1. The standard InChI is InChI=1S/C12H14BrN5O/c13-7-3-8-1-2-9(4-7)18(8)10-5-11-15-16-12(19)17(11)6-14-10/h5-9H,1-4H2,(H,16,19). The first kappa shape index (κ1) is 11.5. The van der Waals surface area contributed by atoms with Crippen LogP contribution in [0.3, 0.4) is 0 Å². The Labute approximate surface area is 118 Å². The predicted molar refractivity (Wildman–Crippen MR) is 74.8 cm³/mol. The second-order valence-electron chi connectivity index (χ2n) is 5.37. The van der Waals surface area contributed by atoms with Gasteiger partial charge in [-0.15, -0.1) is 0 Å². The molecule has 0 aromatic carbocycles. The molecule has 0 amide bonds. The van der Waals surface area contributed by atoms with Gasteiger partial charge in [0.2, 0.25) is 0 Å². The van der Waals surface area contributed by atoms with E-state index in [2.05, 4.69) is 36.0 Å². The summed E-state index contributed by atoms with van der Waals surface area (Å²) in [6.45, 7) is 0. The summed E-state index contributed by atoms with van der Waals surface area (Å²) in [5.41, 5.74) is 0.395. The van der Waals surface area contributed by atoms with Crippen molar-refractivity contribution in [3.8, 4) is 0 Å². The van der Waals surface area contributed by atoms with Gasteiger partial charge in [-0.2, -0.15) is 5.10 Å². The van der Waals surface area contributed by atoms with Crippen molar-refractivity contribution in [2.45, 2.75) is 42.6 Å². The molecule has 2 saturated heterocycles. The Bertz CT molecular complexity index is 666. The summed E-state index contributed by atoms with van der Waals surface area (Å²) < 4.78 is 1.43. The van der Waals surface area contributed by atoms with Crippen molar-refractivity contribution in [1.29, 1.82) is 0 Å². The monoisotopic (exact) mass is 323 g/mol. The van der Waals surface area contributed by atoms with Gasteiger partial charge in [0.25, 0.3) is 0 Å². The van der Waals surface area contributed by atoms with Gasteiger partial charge in [-0.3, -0.25) is 0 Å². The fourth-order valence-electron chi connectivity index (χ4n) is 3.43. The molecular weight excluding hydrogens is 310 g/mol. The molecule has 2 bridgehead atoms. The first-order valence-corrected chi connectivity index (χ1v) is 7.49. The Kier molecular flexibility index (Phi) is 2.45. The number of alkyl halides is 1. The molecule has 2 aromatic heterocycles. The van der Waals surface area contributed by atoms with Crippen LogP contribution in [0, 0.1) is 0 Å².